The molecule has 2 N–H and O–H groups in total. The third-order valence-corrected chi connectivity index (χ3v) is 5.85. The van der Waals surface area contributed by atoms with Crippen molar-refractivity contribution in [2.75, 3.05) is 5.43 Å². The minimum Gasteiger partial charge on any atom is -0.292 e. The van der Waals surface area contributed by atoms with Crippen molar-refractivity contribution < 1.29 is 13.0 Å². The minimum atomic E-state index is -4.43. The Morgan fingerprint density at radius 2 is 1.40 bits per heavy atom. The minimum absolute atomic E-state index is 0.152. The normalized spacial score (nSPS) is 11.8. The Kier molecular flexibility index (Phi) is 4.27. The van der Waals surface area contributed by atoms with Crippen LogP contribution in [0.25, 0.3) is 33.2 Å². The molecule has 0 unspecified atom stereocenters. The van der Waals surface area contributed by atoms with Gasteiger partial charge in [0.25, 0.3) is 10.1 Å². The monoisotopic (exact) mass is 415 g/mol. The van der Waals surface area contributed by atoms with E-state index in [1.807, 2.05) is 66.7 Å². The predicted molar refractivity (Wildman–Crippen MR) is 118 cm³/mol. The Hall–Kier alpha value is -3.68. The van der Waals surface area contributed by atoms with Crippen molar-refractivity contribution >= 4 is 37.6 Å². The molecule has 0 saturated heterocycles. The number of hydrogen-bond donors (Lipinski definition) is 2. The number of imidazole rings is 1. The van der Waals surface area contributed by atoms with Gasteiger partial charge in [-0.1, -0.05) is 72.8 Å². The SMILES string of the molecule is O=S(=O)(O)c1cc2c(nc(-c3ccccc3)n2Nc2ccccc2)c2ccccc12. The summed E-state index contributed by atoms with van der Waals surface area (Å²) in [5.41, 5.74) is 6.18. The summed E-state index contributed by atoms with van der Waals surface area (Å²) >= 11 is 0. The van der Waals surface area contributed by atoms with Gasteiger partial charge in [0.15, 0.2) is 5.82 Å². The van der Waals surface area contributed by atoms with Crippen molar-refractivity contribution in [2.24, 2.45) is 0 Å². The van der Waals surface area contributed by atoms with Crippen LogP contribution in [0.1, 0.15) is 0 Å². The van der Waals surface area contributed by atoms with Gasteiger partial charge in [-0.25, -0.2) is 9.66 Å². The molecule has 1 aromatic heterocycles. The van der Waals surface area contributed by atoms with Crippen LogP contribution in [0.5, 0.6) is 0 Å². The van der Waals surface area contributed by atoms with Crippen LogP contribution < -0.4 is 5.43 Å². The third-order valence-electron chi connectivity index (χ3n) is 4.95. The van der Waals surface area contributed by atoms with Crippen LogP contribution >= 0.6 is 0 Å². The zero-order chi connectivity index (χ0) is 20.7. The molecule has 0 atom stereocenters. The van der Waals surface area contributed by atoms with Crippen molar-refractivity contribution in [3.8, 4) is 11.4 Å². The van der Waals surface area contributed by atoms with Gasteiger partial charge in [-0.2, -0.15) is 8.42 Å². The number of nitrogens with one attached hydrogen (secondary N) is 1. The van der Waals surface area contributed by atoms with E-state index in [1.54, 1.807) is 22.9 Å². The van der Waals surface area contributed by atoms with Crippen LogP contribution in [0.3, 0.4) is 0 Å². The van der Waals surface area contributed by atoms with Crippen LogP contribution in [-0.4, -0.2) is 22.6 Å². The second-order valence-corrected chi connectivity index (χ2v) is 8.27. The Labute approximate surface area is 173 Å². The Morgan fingerprint density at radius 1 is 0.800 bits per heavy atom. The van der Waals surface area contributed by atoms with Gasteiger partial charge in [0.1, 0.15) is 4.90 Å². The molecule has 0 aliphatic heterocycles. The lowest BCUT2D eigenvalue weighted by atomic mass is 10.1. The fourth-order valence-electron chi connectivity index (χ4n) is 3.62. The van der Waals surface area contributed by atoms with E-state index in [1.165, 1.54) is 6.07 Å². The molecule has 5 aromatic rings. The van der Waals surface area contributed by atoms with E-state index in [0.717, 1.165) is 11.3 Å². The topological polar surface area (TPSA) is 84.2 Å². The first-order valence-corrected chi connectivity index (χ1v) is 10.8. The first-order chi connectivity index (χ1) is 14.5. The first kappa shape index (κ1) is 18.4. The van der Waals surface area contributed by atoms with Crippen LogP contribution in [-0.2, 0) is 10.1 Å². The van der Waals surface area contributed by atoms with Crippen LogP contribution in [0, 0.1) is 0 Å². The Bertz CT molecular complexity index is 1480. The van der Waals surface area contributed by atoms with Gasteiger partial charge < -0.3 is 0 Å². The van der Waals surface area contributed by atoms with Crippen molar-refractivity contribution in [2.45, 2.75) is 4.90 Å². The molecule has 5 rings (SSSR count). The predicted octanol–water partition coefficient (Wildman–Crippen LogP) is 4.98. The molecule has 148 valence electrons. The van der Waals surface area contributed by atoms with E-state index in [9.17, 15) is 13.0 Å². The average Bonchev–Trinajstić information content (AvgIpc) is 3.12. The highest BCUT2D eigenvalue weighted by molar-refractivity contribution is 7.86. The summed E-state index contributed by atoms with van der Waals surface area (Å²) in [6.45, 7) is 0. The molecule has 0 saturated carbocycles. The molecule has 1 heterocycles. The van der Waals surface area contributed by atoms with Gasteiger partial charge in [0, 0.05) is 16.3 Å². The lowest BCUT2D eigenvalue weighted by molar-refractivity contribution is 0.484. The second-order valence-electron chi connectivity index (χ2n) is 6.88. The lowest BCUT2D eigenvalue weighted by Crippen LogP contribution is -2.11. The number of benzene rings is 4. The molecular weight excluding hydrogens is 398 g/mol. The van der Waals surface area contributed by atoms with E-state index < -0.39 is 10.1 Å². The maximum absolute atomic E-state index is 12.1. The quantitative estimate of drug-likeness (QED) is 0.405. The molecule has 0 bridgehead atoms. The van der Waals surface area contributed by atoms with Crippen LogP contribution in [0.4, 0.5) is 5.69 Å². The molecule has 4 aromatic carbocycles. The maximum Gasteiger partial charge on any atom is 0.295 e. The number of anilines is 1. The van der Waals surface area contributed by atoms with E-state index >= 15 is 0 Å². The van der Waals surface area contributed by atoms with Crippen LogP contribution in [0.15, 0.2) is 95.9 Å². The average molecular weight is 415 g/mol. The first-order valence-electron chi connectivity index (χ1n) is 9.31. The summed E-state index contributed by atoms with van der Waals surface area (Å²) < 4.78 is 35.9. The molecule has 0 spiro atoms. The molecule has 6 nitrogen and oxygen atoms in total. The van der Waals surface area contributed by atoms with Gasteiger partial charge in [0.05, 0.1) is 16.7 Å². The summed E-state index contributed by atoms with van der Waals surface area (Å²) in [7, 11) is -4.43. The van der Waals surface area contributed by atoms with Crippen molar-refractivity contribution in [3.63, 3.8) is 0 Å². The third kappa shape index (κ3) is 3.10. The van der Waals surface area contributed by atoms with E-state index in [-0.39, 0.29) is 4.90 Å². The molecule has 7 heteroatoms. The molecule has 0 aliphatic carbocycles. The highest BCUT2D eigenvalue weighted by Crippen LogP contribution is 2.34. The largest absolute Gasteiger partial charge is 0.295 e. The molecule has 0 fully saturated rings. The maximum atomic E-state index is 12.1. The van der Waals surface area contributed by atoms with Gasteiger partial charge in [0.2, 0.25) is 0 Å². The van der Waals surface area contributed by atoms with Crippen molar-refractivity contribution in [1.82, 2.24) is 9.66 Å². The Morgan fingerprint density at radius 3 is 2.07 bits per heavy atom. The standard InChI is InChI=1S/C23H17N3O3S/c27-30(28,29)21-15-20-22(19-14-8-7-13-18(19)21)24-23(16-9-3-1-4-10-16)26(20)25-17-11-5-2-6-12-17/h1-15,25H,(H,27,28,29). The van der Waals surface area contributed by atoms with E-state index in [4.69, 9.17) is 4.98 Å². The summed E-state index contributed by atoms with van der Waals surface area (Å²) in [6, 6.07) is 27.7. The Balaban J connectivity index is 1.90. The van der Waals surface area contributed by atoms with Gasteiger partial charge in [-0.3, -0.25) is 9.98 Å². The molecular formula is C23H17N3O3S. The highest BCUT2D eigenvalue weighted by Gasteiger charge is 2.21. The molecule has 0 amide bonds. The van der Waals surface area contributed by atoms with E-state index in [2.05, 4.69) is 5.43 Å². The number of para-hydroxylation sites is 1. The fraction of sp³-hybridized carbons (Fsp3) is 0. The number of fused-ring (bicyclic) bond motifs is 3. The van der Waals surface area contributed by atoms with Gasteiger partial charge in [-0.15, -0.1) is 0 Å². The lowest BCUT2D eigenvalue weighted by Gasteiger charge is -2.13. The van der Waals surface area contributed by atoms with Gasteiger partial charge >= 0.3 is 0 Å². The summed E-state index contributed by atoms with van der Waals surface area (Å²) in [4.78, 5) is 4.70. The smallest absolute Gasteiger partial charge is 0.292 e. The second kappa shape index (κ2) is 6.98. The molecule has 0 aliphatic rings. The van der Waals surface area contributed by atoms with Crippen molar-refractivity contribution in [1.29, 1.82) is 0 Å². The summed E-state index contributed by atoms with van der Waals surface area (Å²) in [6.07, 6.45) is 0. The highest BCUT2D eigenvalue weighted by atomic mass is 32.2. The van der Waals surface area contributed by atoms with Crippen LogP contribution in [0.2, 0.25) is 0 Å². The molecule has 30 heavy (non-hydrogen) atoms. The van der Waals surface area contributed by atoms with E-state index in [0.29, 0.717) is 27.6 Å². The summed E-state index contributed by atoms with van der Waals surface area (Å²) in [5.74, 6) is 0.632. The number of hydrogen-bond acceptors (Lipinski definition) is 4. The zero-order valence-corrected chi connectivity index (χ0v) is 16.5. The summed E-state index contributed by atoms with van der Waals surface area (Å²) in [5, 5.41) is 1.07. The number of nitrogens with zero attached hydrogens (tertiary/aromatic N) is 2. The zero-order valence-electron chi connectivity index (χ0n) is 15.7. The van der Waals surface area contributed by atoms with Crippen molar-refractivity contribution in [3.05, 3.63) is 91.0 Å². The number of aromatic nitrogens is 2. The number of rotatable bonds is 4. The molecule has 0 radical (unpaired) electrons. The van der Waals surface area contributed by atoms with Gasteiger partial charge in [-0.05, 0) is 18.2 Å². The fourth-order valence-corrected chi connectivity index (χ4v) is 4.34.